The summed E-state index contributed by atoms with van der Waals surface area (Å²) in [7, 11) is 1.54. The van der Waals surface area contributed by atoms with E-state index in [-0.39, 0.29) is 0 Å². The summed E-state index contributed by atoms with van der Waals surface area (Å²) in [5.74, 6) is -1.28. The first-order valence-electron chi connectivity index (χ1n) is 5.73. The number of pyridine rings is 1. The molecule has 0 fully saturated rings. The molecule has 3 N–H and O–H groups in total. The van der Waals surface area contributed by atoms with Gasteiger partial charge in [-0.1, -0.05) is 0 Å². The highest BCUT2D eigenvalue weighted by Crippen LogP contribution is 2.02. The van der Waals surface area contributed by atoms with Gasteiger partial charge in [0.1, 0.15) is 0 Å². The van der Waals surface area contributed by atoms with Gasteiger partial charge < -0.3 is 20.4 Å². The van der Waals surface area contributed by atoms with Gasteiger partial charge in [-0.15, -0.1) is 0 Å². The van der Waals surface area contributed by atoms with Crippen molar-refractivity contribution < 1.29 is 19.8 Å². The quantitative estimate of drug-likeness (QED) is 0.700. The molecule has 0 aliphatic heterocycles. The van der Waals surface area contributed by atoms with Crippen LogP contribution in [0.5, 0.6) is 0 Å². The lowest BCUT2D eigenvalue weighted by molar-refractivity contribution is -0.141. The Morgan fingerprint density at radius 2 is 2.00 bits per heavy atom. The zero-order valence-corrected chi connectivity index (χ0v) is 10.8. The van der Waals surface area contributed by atoms with Crippen molar-refractivity contribution in [2.24, 2.45) is 0 Å². The lowest BCUT2D eigenvalue weighted by Gasteiger charge is -2.22. The number of aliphatic carboxylic acids is 1. The van der Waals surface area contributed by atoms with Crippen LogP contribution in [0.4, 0.5) is 4.79 Å². The Balaban J connectivity index is 2.60. The average molecular weight is 267 g/mol. The number of aliphatic hydroxyl groups excluding tert-OH is 1. The monoisotopic (exact) mass is 267 g/mol. The van der Waals surface area contributed by atoms with Crippen LogP contribution in [0.25, 0.3) is 0 Å². The molecule has 1 aromatic rings. The van der Waals surface area contributed by atoms with Crippen LogP contribution < -0.4 is 5.32 Å². The fraction of sp³-hybridized carbons (Fsp3) is 0.417. The van der Waals surface area contributed by atoms with Crippen LogP contribution in [-0.2, 0) is 11.3 Å². The molecule has 0 aliphatic rings. The molecule has 0 radical (unpaired) electrons. The van der Waals surface area contributed by atoms with E-state index in [0.717, 1.165) is 5.56 Å². The molecule has 0 saturated carbocycles. The molecule has 0 aromatic carbocycles. The van der Waals surface area contributed by atoms with Crippen LogP contribution in [0.2, 0.25) is 0 Å². The average Bonchev–Trinajstić information content (AvgIpc) is 2.35. The molecule has 104 valence electrons. The van der Waals surface area contributed by atoms with Crippen molar-refractivity contribution in [3.05, 3.63) is 30.1 Å². The topological polar surface area (TPSA) is 103 Å². The van der Waals surface area contributed by atoms with Gasteiger partial charge >= 0.3 is 12.0 Å². The molecule has 0 bridgehead atoms. The standard InChI is InChI=1S/C12H17N3O4/c1-8(16)10(11(17)18)14-12(19)15(2)7-9-3-5-13-6-4-9/h3-6,8,10,16H,7H2,1-2H3,(H,14,19)(H,17,18)/t8-,10+/m1/s1. The number of carbonyl (C=O) groups is 2. The molecule has 0 aliphatic carbocycles. The maximum Gasteiger partial charge on any atom is 0.328 e. The van der Waals surface area contributed by atoms with E-state index in [0.29, 0.717) is 6.54 Å². The Morgan fingerprint density at radius 3 is 2.47 bits per heavy atom. The number of carbonyl (C=O) groups excluding carboxylic acids is 1. The van der Waals surface area contributed by atoms with Crippen LogP contribution in [0, 0.1) is 0 Å². The van der Waals surface area contributed by atoms with E-state index in [1.807, 2.05) is 0 Å². The van der Waals surface area contributed by atoms with Crippen molar-refractivity contribution in [3.63, 3.8) is 0 Å². The molecule has 2 amide bonds. The number of nitrogens with zero attached hydrogens (tertiary/aromatic N) is 2. The van der Waals surface area contributed by atoms with Crippen molar-refractivity contribution in [1.82, 2.24) is 15.2 Å². The van der Waals surface area contributed by atoms with Gasteiger partial charge in [0.2, 0.25) is 0 Å². The number of carboxylic acids is 1. The highest BCUT2D eigenvalue weighted by atomic mass is 16.4. The Morgan fingerprint density at radius 1 is 1.42 bits per heavy atom. The highest BCUT2D eigenvalue weighted by Gasteiger charge is 2.26. The summed E-state index contributed by atoms with van der Waals surface area (Å²) in [6.07, 6.45) is 2.05. The van der Waals surface area contributed by atoms with Crippen LogP contribution in [0.1, 0.15) is 12.5 Å². The van der Waals surface area contributed by atoms with E-state index < -0.39 is 24.1 Å². The van der Waals surface area contributed by atoms with E-state index in [1.54, 1.807) is 24.5 Å². The van der Waals surface area contributed by atoms with Gasteiger partial charge in [-0.3, -0.25) is 4.98 Å². The maximum atomic E-state index is 11.8. The zero-order valence-electron chi connectivity index (χ0n) is 10.8. The normalized spacial score (nSPS) is 13.4. The fourth-order valence-electron chi connectivity index (χ4n) is 1.47. The number of carboxylic acid groups (broad SMARTS) is 1. The first kappa shape index (κ1) is 14.9. The van der Waals surface area contributed by atoms with E-state index in [9.17, 15) is 14.7 Å². The van der Waals surface area contributed by atoms with Gasteiger partial charge in [-0.2, -0.15) is 0 Å². The fourth-order valence-corrected chi connectivity index (χ4v) is 1.47. The molecule has 1 rings (SSSR count). The second-order valence-electron chi connectivity index (χ2n) is 4.22. The lowest BCUT2D eigenvalue weighted by Crippen LogP contribution is -2.51. The number of rotatable bonds is 5. The summed E-state index contributed by atoms with van der Waals surface area (Å²) in [5, 5.41) is 20.4. The highest BCUT2D eigenvalue weighted by molar-refractivity contribution is 5.82. The van der Waals surface area contributed by atoms with E-state index in [2.05, 4.69) is 10.3 Å². The summed E-state index contributed by atoms with van der Waals surface area (Å²) >= 11 is 0. The Kier molecular flexibility index (Phi) is 5.25. The first-order valence-corrected chi connectivity index (χ1v) is 5.73. The van der Waals surface area contributed by atoms with Gasteiger partial charge in [0.25, 0.3) is 0 Å². The minimum atomic E-state index is -1.33. The van der Waals surface area contributed by atoms with Crippen molar-refractivity contribution >= 4 is 12.0 Å². The third kappa shape index (κ3) is 4.55. The number of hydrogen-bond donors (Lipinski definition) is 3. The van der Waals surface area contributed by atoms with Gasteiger partial charge in [-0.25, -0.2) is 9.59 Å². The van der Waals surface area contributed by atoms with Gasteiger partial charge in [0.05, 0.1) is 6.10 Å². The second-order valence-corrected chi connectivity index (χ2v) is 4.22. The number of aliphatic hydroxyl groups is 1. The summed E-state index contributed by atoms with van der Waals surface area (Å²) in [5.41, 5.74) is 0.872. The zero-order chi connectivity index (χ0) is 14.4. The Bertz CT molecular complexity index is 436. The predicted octanol–water partition coefficient (Wildman–Crippen LogP) is 0.0570. The summed E-state index contributed by atoms with van der Waals surface area (Å²) in [6.45, 7) is 1.63. The molecule has 1 aromatic heterocycles. The number of aromatic nitrogens is 1. The molecule has 0 unspecified atom stereocenters. The van der Waals surface area contributed by atoms with Gasteiger partial charge in [-0.05, 0) is 24.6 Å². The third-order valence-corrected chi connectivity index (χ3v) is 2.54. The van der Waals surface area contributed by atoms with Crippen LogP contribution in [0.15, 0.2) is 24.5 Å². The lowest BCUT2D eigenvalue weighted by atomic mass is 10.2. The molecule has 0 saturated heterocycles. The molecular formula is C12H17N3O4. The van der Waals surface area contributed by atoms with Crippen LogP contribution in [0.3, 0.4) is 0 Å². The van der Waals surface area contributed by atoms with Crippen LogP contribution >= 0.6 is 0 Å². The first-order chi connectivity index (χ1) is 8.91. The second kappa shape index (κ2) is 6.69. The third-order valence-electron chi connectivity index (χ3n) is 2.54. The van der Waals surface area contributed by atoms with Crippen molar-refractivity contribution in [1.29, 1.82) is 0 Å². The maximum absolute atomic E-state index is 11.8. The summed E-state index contributed by atoms with van der Waals surface area (Å²) in [6, 6.07) is 1.62. The minimum absolute atomic E-state index is 0.320. The Labute approximate surface area is 110 Å². The molecule has 19 heavy (non-hydrogen) atoms. The molecule has 7 heteroatoms. The van der Waals surface area contributed by atoms with Crippen LogP contribution in [-0.4, -0.2) is 51.3 Å². The number of nitrogens with one attached hydrogen (secondary N) is 1. The predicted molar refractivity (Wildman–Crippen MR) is 67.3 cm³/mol. The van der Waals surface area contributed by atoms with Gasteiger partial charge in [0, 0.05) is 26.0 Å². The number of amides is 2. The summed E-state index contributed by atoms with van der Waals surface area (Å²) in [4.78, 5) is 27.8. The van der Waals surface area contributed by atoms with Crippen molar-refractivity contribution in [3.8, 4) is 0 Å². The Hall–Kier alpha value is -2.15. The number of hydrogen-bond acceptors (Lipinski definition) is 4. The largest absolute Gasteiger partial charge is 0.480 e. The smallest absolute Gasteiger partial charge is 0.328 e. The van der Waals surface area contributed by atoms with E-state index in [4.69, 9.17) is 5.11 Å². The van der Waals surface area contributed by atoms with E-state index >= 15 is 0 Å². The summed E-state index contributed by atoms with van der Waals surface area (Å²) < 4.78 is 0. The number of urea groups is 1. The molecule has 2 atom stereocenters. The van der Waals surface area contributed by atoms with Crippen molar-refractivity contribution in [2.75, 3.05) is 7.05 Å². The van der Waals surface area contributed by atoms with Crippen molar-refractivity contribution in [2.45, 2.75) is 25.6 Å². The van der Waals surface area contributed by atoms with E-state index in [1.165, 1.54) is 18.9 Å². The van der Waals surface area contributed by atoms with Gasteiger partial charge in [0.15, 0.2) is 6.04 Å². The molecule has 1 heterocycles. The SMILES string of the molecule is C[C@@H](O)[C@H](NC(=O)N(C)Cc1ccncc1)C(=O)O. The minimum Gasteiger partial charge on any atom is -0.480 e. The molecule has 0 spiro atoms. The molecule has 7 nitrogen and oxygen atoms in total. The molecular weight excluding hydrogens is 250 g/mol.